The molecule has 2 nitrogen and oxygen atoms in total. The normalized spacial score (nSPS) is 12.2. The summed E-state index contributed by atoms with van der Waals surface area (Å²) < 4.78 is 0. The molecule has 5 heteroatoms. The van der Waals surface area contributed by atoms with E-state index in [1.54, 1.807) is 29.5 Å². The van der Waals surface area contributed by atoms with Crippen molar-refractivity contribution in [1.82, 2.24) is 5.32 Å². The number of benzene rings is 1. The van der Waals surface area contributed by atoms with Crippen LogP contribution >= 0.6 is 34.5 Å². The summed E-state index contributed by atoms with van der Waals surface area (Å²) >= 11 is 13.7. The lowest BCUT2D eigenvalue weighted by Gasteiger charge is -2.13. The Bertz CT molecular complexity index is 549. The van der Waals surface area contributed by atoms with Crippen LogP contribution in [0, 0.1) is 0 Å². The quantitative estimate of drug-likeness (QED) is 0.886. The summed E-state index contributed by atoms with van der Waals surface area (Å²) in [7, 11) is 0. The number of rotatable bonds is 4. The Kier molecular flexibility index (Phi) is 4.86. The van der Waals surface area contributed by atoms with E-state index < -0.39 is 0 Å². The zero-order valence-corrected chi connectivity index (χ0v) is 12.6. The van der Waals surface area contributed by atoms with E-state index in [-0.39, 0.29) is 18.4 Å². The molecule has 0 saturated carbocycles. The van der Waals surface area contributed by atoms with Crippen molar-refractivity contribution in [2.45, 2.75) is 19.4 Å². The number of hydrogen-bond acceptors (Lipinski definition) is 2. The van der Waals surface area contributed by atoms with Gasteiger partial charge in [0.15, 0.2) is 0 Å². The summed E-state index contributed by atoms with van der Waals surface area (Å²) in [4.78, 5) is 13.1. The smallest absolute Gasteiger partial charge is 0.225 e. The minimum absolute atomic E-state index is 0.00577. The number of amides is 1. The van der Waals surface area contributed by atoms with Gasteiger partial charge in [0, 0.05) is 14.9 Å². The van der Waals surface area contributed by atoms with Crippen molar-refractivity contribution in [2.24, 2.45) is 0 Å². The summed E-state index contributed by atoms with van der Waals surface area (Å²) in [5, 5.41) is 5.97. The first kappa shape index (κ1) is 14.4. The fourth-order valence-corrected chi connectivity index (χ4v) is 3.03. The largest absolute Gasteiger partial charge is 0.348 e. The third-order valence-corrected chi connectivity index (χ3v) is 4.51. The molecule has 1 heterocycles. The van der Waals surface area contributed by atoms with E-state index in [1.807, 2.05) is 24.4 Å². The van der Waals surface area contributed by atoms with Crippen LogP contribution in [0.2, 0.25) is 10.0 Å². The minimum atomic E-state index is -0.0871. The van der Waals surface area contributed by atoms with E-state index in [2.05, 4.69) is 5.32 Å². The lowest BCUT2D eigenvalue weighted by Crippen LogP contribution is -2.27. The summed E-state index contributed by atoms with van der Waals surface area (Å²) in [6.45, 7) is 1.96. The number of hydrogen-bond donors (Lipinski definition) is 1. The Labute approximate surface area is 126 Å². The van der Waals surface area contributed by atoms with Crippen molar-refractivity contribution >= 4 is 40.4 Å². The van der Waals surface area contributed by atoms with Gasteiger partial charge in [0.2, 0.25) is 5.91 Å². The van der Waals surface area contributed by atoms with Crippen LogP contribution in [0.5, 0.6) is 0 Å². The number of thiophene rings is 1. The van der Waals surface area contributed by atoms with Crippen LogP contribution in [-0.4, -0.2) is 5.91 Å². The zero-order chi connectivity index (χ0) is 13.8. The van der Waals surface area contributed by atoms with E-state index in [0.717, 1.165) is 4.88 Å². The van der Waals surface area contributed by atoms with Crippen molar-refractivity contribution < 1.29 is 4.79 Å². The van der Waals surface area contributed by atoms with Crippen molar-refractivity contribution in [3.63, 3.8) is 0 Å². The Hall–Kier alpha value is -1.03. The van der Waals surface area contributed by atoms with Gasteiger partial charge >= 0.3 is 0 Å². The molecule has 1 atom stereocenters. The van der Waals surface area contributed by atoms with Gasteiger partial charge in [0.05, 0.1) is 12.5 Å². The van der Waals surface area contributed by atoms with Crippen LogP contribution in [0.3, 0.4) is 0 Å². The zero-order valence-electron chi connectivity index (χ0n) is 10.3. The predicted octanol–water partition coefficient (Wildman–Crippen LogP) is 4.47. The molecule has 0 aliphatic heterocycles. The SMILES string of the molecule is CC(NC(=O)Cc1c(Cl)cccc1Cl)c1cccs1. The first-order valence-electron chi connectivity index (χ1n) is 5.83. The standard InChI is InChI=1S/C14H13Cl2NOS/c1-9(13-6-3-7-19-13)17-14(18)8-10-11(15)4-2-5-12(10)16/h2-7,9H,8H2,1H3,(H,17,18). The fourth-order valence-electron chi connectivity index (χ4n) is 1.76. The van der Waals surface area contributed by atoms with Crippen molar-refractivity contribution in [2.75, 3.05) is 0 Å². The number of halogens is 2. The average Bonchev–Trinajstić information content (AvgIpc) is 2.88. The first-order valence-corrected chi connectivity index (χ1v) is 7.47. The van der Waals surface area contributed by atoms with E-state index in [1.165, 1.54) is 0 Å². The number of carbonyl (C=O) groups is 1. The average molecular weight is 314 g/mol. The lowest BCUT2D eigenvalue weighted by atomic mass is 10.1. The maximum atomic E-state index is 12.0. The van der Waals surface area contributed by atoms with Gasteiger partial charge in [-0.05, 0) is 36.1 Å². The van der Waals surface area contributed by atoms with Gasteiger partial charge < -0.3 is 5.32 Å². The molecule has 1 unspecified atom stereocenters. The molecule has 0 spiro atoms. The molecule has 1 N–H and O–H groups in total. The van der Waals surface area contributed by atoms with Crippen LogP contribution in [0.1, 0.15) is 23.4 Å². The van der Waals surface area contributed by atoms with Crippen LogP contribution in [0.25, 0.3) is 0 Å². The maximum absolute atomic E-state index is 12.0. The molecular weight excluding hydrogens is 301 g/mol. The van der Waals surface area contributed by atoms with Gasteiger partial charge in [-0.2, -0.15) is 0 Å². The van der Waals surface area contributed by atoms with Gasteiger partial charge in [0.25, 0.3) is 0 Å². The maximum Gasteiger partial charge on any atom is 0.225 e. The molecule has 19 heavy (non-hydrogen) atoms. The van der Waals surface area contributed by atoms with Crippen LogP contribution in [-0.2, 0) is 11.2 Å². The molecule has 0 fully saturated rings. The van der Waals surface area contributed by atoms with E-state index in [4.69, 9.17) is 23.2 Å². The van der Waals surface area contributed by atoms with Crippen LogP contribution in [0.4, 0.5) is 0 Å². The van der Waals surface area contributed by atoms with Crippen LogP contribution in [0.15, 0.2) is 35.7 Å². The Balaban J connectivity index is 2.02. The van der Waals surface area contributed by atoms with Crippen molar-refractivity contribution in [1.29, 1.82) is 0 Å². The third-order valence-electron chi connectivity index (χ3n) is 2.75. The molecule has 2 rings (SSSR count). The highest BCUT2D eigenvalue weighted by Gasteiger charge is 2.14. The molecule has 0 aliphatic rings. The third kappa shape index (κ3) is 3.72. The van der Waals surface area contributed by atoms with Gasteiger partial charge in [-0.1, -0.05) is 35.3 Å². The molecule has 1 amide bonds. The van der Waals surface area contributed by atoms with Gasteiger partial charge in [-0.15, -0.1) is 11.3 Å². The summed E-state index contributed by atoms with van der Waals surface area (Å²) in [6, 6.07) is 9.19. The second-order valence-corrected chi connectivity index (χ2v) is 5.98. The molecule has 1 aromatic carbocycles. The van der Waals surface area contributed by atoms with Gasteiger partial charge in [0.1, 0.15) is 0 Å². The lowest BCUT2D eigenvalue weighted by molar-refractivity contribution is -0.121. The van der Waals surface area contributed by atoms with E-state index in [9.17, 15) is 4.79 Å². The van der Waals surface area contributed by atoms with Gasteiger partial charge in [-0.3, -0.25) is 4.79 Å². The second-order valence-electron chi connectivity index (χ2n) is 4.18. The highest BCUT2D eigenvalue weighted by atomic mass is 35.5. The van der Waals surface area contributed by atoms with Gasteiger partial charge in [-0.25, -0.2) is 0 Å². The van der Waals surface area contributed by atoms with E-state index >= 15 is 0 Å². The highest BCUT2D eigenvalue weighted by Crippen LogP contribution is 2.25. The summed E-state index contributed by atoms with van der Waals surface area (Å²) in [5.41, 5.74) is 0.668. The Morgan fingerprint density at radius 1 is 1.26 bits per heavy atom. The molecule has 0 radical (unpaired) electrons. The molecule has 0 bridgehead atoms. The minimum Gasteiger partial charge on any atom is -0.348 e. The molecule has 0 saturated heterocycles. The topological polar surface area (TPSA) is 29.1 Å². The fraction of sp³-hybridized carbons (Fsp3) is 0.214. The molecule has 0 aliphatic carbocycles. The Morgan fingerprint density at radius 3 is 2.53 bits per heavy atom. The van der Waals surface area contributed by atoms with Crippen molar-refractivity contribution in [3.05, 3.63) is 56.2 Å². The van der Waals surface area contributed by atoms with Crippen molar-refractivity contribution in [3.8, 4) is 0 Å². The molecule has 2 aromatic rings. The molecular formula is C14H13Cl2NOS. The highest BCUT2D eigenvalue weighted by molar-refractivity contribution is 7.10. The Morgan fingerprint density at radius 2 is 1.95 bits per heavy atom. The monoisotopic (exact) mass is 313 g/mol. The summed E-state index contributed by atoms with van der Waals surface area (Å²) in [6.07, 6.45) is 0.189. The first-order chi connectivity index (χ1) is 9.08. The number of carbonyl (C=O) groups excluding carboxylic acids is 1. The predicted molar refractivity (Wildman–Crippen MR) is 81.0 cm³/mol. The molecule has 100 valence electrons. The van der Waals surface area contributed by atoms with Crippen LogP contribution < -0.4 is 5.32 Å². The second kappa shape index (κ2) is 6.42. The van der Waals surface area contributed by atoms with E-state index in [0.29, 0.717) is 15.6 Å². The molecule has 1 aromatic heterocycles. The number of nitrogens with one attached hydrogen (secondary N) is 1. The summed E-state index contributed by atoms with van der Waals surface area (Å²) in [5.74, 6) is -0.0871.